The van der Waals surface area contributed by atoms with E-state index in [0.29, 0.717) is 17.4 Å². The summed E-state index contributed by atoms with van der Waals surface area (Å²) < 4.78 is 26.5. The number of nitrogens with zero attached hydrogens (tertiary/aromatic N) is 1. The minimum Gasteiger partial charge on any atom is -0.207 e. The van der Waals surface area contributed by atoms with Crippen molar-refractivity contribution in [2.24, 2.45) is 0 Å². The Hall–Kier alpha value is -0.290. The van der Waals surface area contributed by atoms with Crippen molar-refractivity contribution in [2.45, 2.75) is 30.2 Å². The molecule has 2 rings (SSSR count). The van der Waals surface area contributed by atoms with Crippen LogP contribution in [0.4, 0.5) is 0 Å². The Bertz CT molecular complexity index is 515. The molecule has 0 radical (unpaired) electrons. The lowest BCUT2D eigenvalue weighted by Gasteiger charge is -2.36. The number of rotatable bonds is 5. The summed E-state index contributed by atoms with van der Waals surface area (Å²) in [5, 5.41) is 0.426. The number of halogens is 2. The third-order valence-corrected chi connectivity index (χ3v) is 5.54. The number of hydrogen-bond donors (Lipinski definition) is 0. The SMILES string of the molecule is O=S(=O)(c1cccc(Cl)c1)N(CCCl)C1CCC1. The van der Waals surface area contributed by atoms with Gasteiger partial charge in [0.05, 0.1) is 4.90 Å². The number of hydrogen-bond acceptors (Lipinski definition) is 2. The molecular formula is C12H15Cl2NO2S. The zero-order valence-electron chi connectivity index (χ0n) is 9.85. The van der Waals surface area contributed by atoms with Crippen LogP contribution in [0.2, 0.25) is 5.02 Å². The van der Waals surface area contributed by atoms with Crippen LogP contribution in [-0.4, -0.2) is 31.2 Å². The molecule has 1 aliphatic carbocycles. The van der Waals surface area contributed by atoms with Gasteiger partial charge in [-0.05, 0) is 31.0 Å². The van der Waals surface area contributed by atoms with E-state index in [9.17, 15) is 8.42 Å². The fourth-order valence-electron chi connectivity index (χ4n) is 2.02. The van der Waals surface area contributed by atoms with Gasteiger partial charge in [0.1, 0.15) is 0 Å². The van der Waals surface area contributed by atoms with Crippen molar-refractivity contribution in [3.05, 3.63) is 29.3 Å². The van der Waals surface area contributed by atoms with Crippen LogP contribution in [0.1, 0.15) is 19.3 Å². The lowest BCUT2D eigenvalue weighted by Crippen LogP contribution is -2.45. The van der Waals surface area contributed by atoms with Gasteiger partial charge < -0.3 is 0 Å². The highest BCUT2D eigenvalue weighted by atomic mass is 35.5. The van der Waals surface area contributed by atoms with Gasteiger partial charge in [0.2, 0.25) is 10.0 Å². The van der Waals surface area contributed by atoms with Gasteiger partial charge in [-0.2, -0.15) is 4.31 Å². The topological polar surface area (TPSA) is 37.4 Å². The first-order valence-electron chi connectivity index (χ1n) is 5.89. The van der Waals surface area contributed by atoms with Crippen molar-refractivity contribution >= 4 is 33.2 Å². The monoisotopic (exact) mass is 307 g/mol. The minimum absolute atomic E-state index is 0.0905. The van der Waals surface area contributed by atoms with Crippen LogP contribution in [-0.2, 0) is 10.0 Å². The predicted octanol–water partition coefficient (Wildman–Crippen LogP) is 3.12. The molecule has 0 bridgehead atoms. The lowest BCUT2D eigenvalue weighted by atomic mass is 9.93. The molecule has 0 unspecified atom stereocenters. The third kappa shape index (κ3) is 2.82. The van der Waals surface area contributed by atoms with Crippen molar-refractivity contribution < 1.29 is 8.42 Å². The van der Waals surface area contributed by atoms with Gasteiger partial charge in [0.25, 0.3) is 0 Å². The van der Waals surface area contributed by atoms with Crippen molar-refractivity contribution in [2.75, 3.05) is 12.4 Å². The summed E-state index contributed by atoms with van der Waals surface area (Å²) in [6.45, 7) is 0.348. The van der Waals surface area contributed by atoms with Gasteiger partial charge in [-0.15, -0.1) is 11.6 Å². The van der Waals surface area contributed by atoms with Gasteiger partial charge in [-0.1, -0.05) is 24.1 Å². The van der Waals surface area contributed by atoms with Gasteiger partial charge in [-0.3, -0.25) is 0 Å². The lowest BCUT2D eigenvalue weighted by molar-refractivity contribution is 0.227. The Morgan fingerprint density at radius 3 is 2.56 bits per heavy atom. The highest BCUT2D eigenvalue weighted by Gasteiger charge is 2.34. The van der Waals surface area contributed by atoms with E-state index in [1.165, 1.54) is 10.4 Å². The Balaban J connectivity index is 2.32. The quantitative estimate of drug-likeness (QED) is 0.784. The van der Waals surface area contributed by atoms with Gasteiger partial charge in [0.15, 0.2) is 0 Å². The third-order valence-electron chi connectivity index (χ3n) is 3.19. The molecule has 1 saturated carbocycles. The Labute approximate surface area is 118 Å². The summed E-state index contributed by atoms with van der Waals surface area (Å²) in [5.74, 6) is 0.302. The van der Waals surface area contributed by atoms with Crippen molar-refractivity contribution in [3.63, 3.8) is 0 Å². The van der Waals surface area contributed by atoms with Crippen LogP contribution >= 0.6 is 23.2 Å². The van der Waals surface area contributed by atoms with E-state index in [-0.39, 0.29) is 10.9 Å². The maximum atomic E-state index is 12.5. The maximum absolute atomic E-state index is 12.5. The predicted molar refractivity (Wildman–Crippen MR) is 73.7 cm³/mol. The average Bonchev–Trinajstić information content (AvgIpc) is 2.26. The molecule has 1 aromatic carbocycles. The molecular weight excluding hydrogens is 293 g/mol. The smallest absolute Gasteiger partial charge is 0.207 e. The molecule has 0 N–H and O–H groups in total. The summed E-state index contributed by atoms with van der Waals surface area (Å²) in [6.07, 6.45) is 2.90. The maximum Gasteiger partial charge on any atom is 0.243 e. The molecule has 6 heteroatoms. The minimum atomic E-state index is -3.48. The van der Waals surface area contributed by atoms with Crippen LogP contribution in [0.15, 0.2) is 29.2 Å². The van der Waals surface area contributed by atoms with Crippen LogP contribution in [0, 0.1) is 0 Å². The molecule has 0 aromatic heterocycles. The fourth-order valence-corrected chi connectivity index (χ4v) is 4.29. The molecule has 0 heterocycles. The molecule has 0 spiro atoms. The normalized spacial score (nSPS) is 16.8. The Morgan fingerprint density at radius 1 is 1.33 bits per heavy atom. The summed E-state index contributed by atoms with van der Waals surface area (Å²) in [6, 6.07) is 6.45. The standard InChI is InChI=1S/C12H15Cl2NO2S/c13-7-8-15(11-4-2-5-11)18(16,17)12-6-1-3-10(14)9-12/h1,3,6,9,11H,2,4-5,7-8H2. The summed E-state index contributed by atoms with van der Waals surface area (Å²) in [4.78, 5) is 0.243. The van der Waals surface area contributed by atoms with Crippen LogP contribution < -0.4 is 0 Å². The molecule has 0 atom stereocenters. The zero-order chi connectivity index (χ0) is 13.2. The van der Waals surface area contributed by atoms with Crippen LogP contribution in [0.25, 0.3) is 0 Å². The fraction of sp³-hybridized carbons (Fsp3) is 0.500. The van der Waals surface area contributed by atoms with E-state index in [2.05, 4.69) is 0 Å². The van der Waals surface area contributed by atoms with E-state index in [1.54, 1.807) is 18.2 Å². The van der Waals surface area contributed by atoms with Gasteiger partial charge >= 0.3 is 0 Å². The molecule has 1 fully saturated rings. The highest BCUT2D eigenvalue weighted by molar-refractivity contribution is 7.89. The first kappa shape index (κ1) is 14.1. The second-order valence-corrected chi connectivity index (χ2v) is 7.05. The molecule has 3 nitrogen and oxygen atoms in total. The van der Waals surface area contributed by atoms with E-state index in [1.807, 2.05) is 0 Å². The number of alkyl halides is 1. The molecule has 18 heavy (non-hydrogen) atoms. The molecule has 0 aliphatic heterocycles. The van der Waals surface area contributed by atoms with E-state index >= 15 is 0 Å². The summed E-state index contributed by atoms with van der Waals surface area (Å²) in [7, 11) is -3.48. The number of benzene rings is 1. The Morgan fingerprint density at radius 2 is 2.06 bits per heavy atom. The van der Waals surface area contributed by atoms with E-state index in [4.69, 9.17) is 23.2 Å². The average molecular weight is 308 g/mol. The summed E-state index contributed by atoms with van der Waals surface area (Å²) >= 11 is 11.6. The largest absolute Gasteiger partial charge is 0.243 e. The Kier molecular flexibility index (Phi) is 4.54. The second kappa shape index (κ2) is 5.78. The second-order valence-electron chi connectivity index (χ2n) is 4.35. The van der Waals surface area contributed by atoms with Gasteiger partial charge in [-0.25, -0.2) is 8.42 Å². The molecule has 1 aromatic rings. The molecule has 0 amide bonds. The highest BCUT2D eigenvalue weighted by Crippen LogP contribution is 2.30. The number of sulfonamides is 1. The summed E-state index contributed by atoms with van der Waals surface area (Å²) in [5.41, 5.74) is 0. The van der Waals surface area contributed by atoms with Crippen molar-refractivity contribution in [1.29, 1.82) is 0 Å². The van der Waals surface area contributed by atoms with Crippen LogP contribution in [0.5, 0.6) is 0 Å². The van der Waals surface area contributed by atoms with E-state index < -0.39 is 10.0 Å². The zero-order valence-corrected chi connectivity index (χ0v) is 12.2. The molecule has 100 valence electrons. The van der Waals surface area contributed by atoms with E-state index in [0.717, 1.165) is 19.3 Å². The molecule has 1 aliphatic rings. The van der Waals surface area contributed by atoms with Crippen molar-refractivity contribution in [3.8, 4) is 0 Å². The molecule has 0 saturated heterocycles. The first-order chi connectivity index (χ1) is 8.55. The van der Waals surface area contributed by atoms with Crippen molar-refractivity contribution in [1.82, 2.24) is 4.31 Å². The van der Waals surface area contributed by atoms with Crippen LogP contribution in [0.3, 0.4) is 0 Å². The first-order valence-corrected chi connectivity index (χ1v) is 8.24. The van der Waals surface area contributed by atoms with Gasteiger partial charge in [0, 0.05) is 23.5 Å².